The number of carboxylic acid groups (broad SMARTS) is 1. The Balaban J connectivity index is 1.33. The summed E-state index contributed by atoms with van der Waals surface area (Å²) in [5, 5.41) is 20.0. The van der Waals surface area contributed by atoms with Crippen LogP contribution in [-0.4, -0.2) is 74.0 Å². The van der Waals surface area contributed by atoms with Gasteiger partial charge in [0.05, 0.1) is 23.9 Å². The summed E-state index contributed by atoms with van der Waals surface area (Å²) in [4.78, 5) is 32.5. The van der Waals surface area contributed by atoms with Gasteiger partial charge >= 0.3 is 5.97 Å². The van der Waals surface area contributed by atoms with Crippen LogP contribution in [0.1, 0.15) is 35.1 Å². The van der Waals surface area contributed by atoms with Gasteiger partial charge in [-0.25, -0.2) is 14.2 Å². The highest BCUT2D eigenvalue weighted by Gasteiger charge is 2.28. The first-order chi connectivity index (χ1) is 16.3. The largest absolute Gasteiger partial charge is 0.477 e. The predicted molar refractivity (Wildman–Crippen MR) is 125 cm³/mol. The Morgan fingerprint density at radius 2 is 1.94 bits per heavy atom. The maximum absolute atomic E-state index is 15.1. The van der Waals surface area contributed by atoms with E-state index in [0.717, 1.165) is 18.7 Å². The molecule has 3 aromatic rings. The first-order valence-electron chi connectivity index (χ1n) is 11.6. The van der Waals surface area contributed by atoms with Crippen LogP contribution >= 0.6 is 0 Å². The summed E-state index contributed by atoms with van der Waals surface area (Å²) >= 11 is 0. The standard InChI is InChI=1S/C24H28FN5O4/c1-15-26-4-5-29(15)13-17(31)12-27-6-8-28(9-7-27)22-11-21-18(10-20(22)25)23(32)19(24(33)34)14-30(21)16-2-3-16/h4-5,10-11,14,16-17,31H,2-3,6-9,12-13H2,1H3,(H,33,34). The van der Waals surface area contributed by atoms with Gasteiger partial charge in [0.25, 0.3) is 0 Å². The number of imidazole rings is 1. The molecular formula is C24H28FN5O4. The van der Waals surface area contributed by atoms with Gasteiger partial charge < -0.3 is 24.2 Å². The quantitative estimate of drug-likeness (QED) is 0.544. The van der Waals surface area contributed by atoms with Gasteiger partial charge in [-0.15, -0.1) is 0 Å². The molecule has 2 aromatic heterocycles. The van der Waals surface area contributed by atoms with E-state index in [-0.39, 0.29) is 17.0 Å². The van der Waals surface area contributed by atoms with Gasteiger partial charge in [0.2, 0.25) is 5.43 Å². The van der Waals surface area contributed by atoms with Crippen LogP contribution in [0.5, 0.6) is 0 Å². The van der Waals surface area contributed by atoms with Crippen LogP contribution < -0.4 is 10.3 Å². The number of anilines is 1. The molecule has 0 spiro atoms. The van der Waals surface area contributed by atoms with Crippen molar-refractivity contribution >= 4 is 22.6 Å². The van der Waals surface area contributed by atoms with Crippen molar-refractivity contribution in [3.05, 3.63) is 58.2 Å². The predicted octanol–water partition coefficient (Wildman–Crippen LogP) is 1.86. The number of halogens is 1. The Morgan fingerprint density at radius 1 is 1.21 bits per heavy atom. The van der Waals surface area contributed by atoms with Crippen LogP contribution in [0.25, 0.3) is 10.9 Å². The van der Waals surface area contributed by atoms with Gasteiger partial charge in [0, 0.05) is 62.7 Å². The van der Waals surface area contributed by atoms with E-state index in [9.17, 15) is 19.8 Å². The van der Waals surface area contributed by atoms with Crippen LogP contribution in [0.15, 0.2) is 35.5 Å². The number of carbonyl (C=O) groups is 1. The second kappa shape index (κ2) is 8.84. The lowest BCUT2D eigenvalue weighted by Crippen LogP contribution is -2.49. The third-order valence-corrected chi connectivity index (χ3v) is 6.78. The number of nitrogens with zero attached hydrogens (tertiary/aromatic N) is 5. The van der Waals surface area contributed by atoms with E-state index in [4.69, 9.17) is 0 Å². The van der Waals surface area contributed by atoms with E-state index in [1.54, 1.807) is 12.3 Å². The molecule has 9 nitrogen and oxygen atoms in total. The molecule has 180 valence electrons. The monoisotopic (exact) mass is 469 g/mol. The van der Waals surface area contributed by atoms with Crippen molar-refractivity contribution in [2.45, 2.75) is 38.5 Å². The number of aliphatic hydroxyl groups is 1. The third-order valence-electron chi connectivity index (χ3n) is 6.78. The molecule has 3 heterocycles. The topological polar surface area (TPSA) is 104 Å². The van der Waals surface area contributed by atoms with Crippen molar-refractivity contribution in [2.75, 3.05) is 37.6 Å². The molecule has 10 heteroatoms. The molecule has 34 heavy (non-hydrogen) atoms. The number of rotatable bonds is 7. The number of hydrogen-bond donors (Lipinski definition) is 2. The number of carboxylic acids is 1. The minimum Gasteiger partial charge on any atom is -0.477 e. The first-order valence-corrected chi connectivity index (χ1v) is 11.6. The van der Waals surface area contributed by atoms with E-state index in [2.05, 4.69) is 9.88 Å². The molecule has 0 amide bonds. The molecule has 5 rings (SSSR count). The zero-order valence-electron chi connectivity index (χ0n) is 19.0. The number of β-amino-alcohol motifs (C(OH)–C–C–N with tert-alkyl or cyclic N) is 1. The van der Waals surface area contributed by atoms with Crippen LogP contribution in [0.3, 0.4) is 0 Å². The van der Waals surface area contributed by atoms with Crippen molar-refractivity contribution in [3.63, 3.8) is 0 Å². The Hall–Kier alpha value is -3.24. The Bertz CT molecular complexity index is 1290. The van der Waals surface area contributed by atoms with E-state index in [1.165, 1.54) is 12.3 Å². The van der Waals surface area contributed by atoms with Crippen molar-refractivity contribution in [2.24, 2.45) is 0 Å². The molecule has 1 saturated carbocycles. The van der Waals surface area contributed by atoms with Crippen LogP contribution in [0.2, 0.25) is 0 Å². The zero-order chi connectivity index (χ0) is 24.0. The fourth-order valence-corrected chi connectivity index (χ4v) is 4.76. The molecule has 0 radical (unpaired) electrons. The van der Waals surface area contributed by atoms with Gasteiger partial charge in [0.15, 0.2) is 0 Å². The normalized spacial score (nSPS) is 17.9. The summed E-state index contributed by atoms with van der Waals surface area (Å²) in [6.45, 7) is 5.40. The smallest absolute Gasteiger partial charge is 0.341 e. The summed E-state index contributed by atoms with van der Waals surface area (Å²) < 4.78 is 18.9. The van der Waals surface area contributed by atoms with Crippen molar-refractivity contribution in [3.8, 4) is 0 Å². The SMILES string of the molecule is Cc1nccn1CC(O)CN1CCN(c2cc3c(cc2F)c(=O)c(C(=O)O)cn3C2CC2)CC1. The van der Waals surface area contributed by atoms with E-state index in [0.29, 0.717) is 50.5 Å². The Kier molecular flexibility index (Phi) is 5.86. The summed E-state index contributed by atoms with van der Waals surface area (Å²) in [7, 11) is 0. The summed E-state index contributed by atoms with van der Waals surface area (Å²) in [6.07, 6.45) is 6.23. The molecule has 1 aliphatic heterocycles. The van der Waals surface area contributed by atoms with Crippen LogP contribution in [-0.2, 0) is 6.54 Å². The highest BCUT2D eigenvalue weighted by Crippen LogP contribution is 2.38. The number of aromatic carboxylic acids is 1. The maximum atomic E-state index is 15.1. The molecular weight excluding hydrogens is 441 g/mol. The molecule has 1 atom stereocenters. The Labute approximate surface area is 195 Å². The second-order valence-electron chi connectivity index (χ2n) is 9.20. The van der Waals surface area contributed by atoms with Gasteiger partial charge in [-0.2, -0.15) is 0 Å². The number of pyridine rings is 1. The molecule has 2 fully saturated rings. The second-order valence-corrected chi connectivity index (χ2v) is 9.20. The molecule has 1 aliphatic carbocycles. The van der Waals surface area contributed by atoms with Gasteiger partial charge in [-0.1, -0.05) is 0 Å². The highest BCUT2D eigenvalue weighted by atomic mass is 19.1. The maximum Gasteiger partial charge on any atom is 0.341 e. The van der Waals surface area contributed by atoms with Crippen molar-refractivity contribution < 1.29 is 19.4 Å². The van der Waals surface area contributed by atoms with E-state index < -0.39 is 23.3 Å². The van der Waals surface area contributed by atoms with Gasteiger partial charge in [-0.05, 0) is 31.9 Å². The summed E-state index contributed by atoms with van der Waals surface area (Å²) in [5.41, 5.74) is 0.00228. The number of benzene rings is 1. The average Bonchev–Trinajstić information content (AvgIpc) is 3.57. The summed E-state index contributed by atoms with van der Waals surface area (Å²) in [5.74, 6) is -0.971. The molecule has 2 N–H and O–H groups in total. The van der Waals surface area contributed by atoms with Crippen molar-refractivity contribution in [1.82, 2.24) is 19.0 Å². The highest BCUT2D eigenvalue weighted by molar-refractivity contribution is 5.93. The Morgan fingerprint density at radius 3 is 2.56 bits per heavy atom. The lowest BCUT2D eigenvalue weighted by Gasteiger charge is -2.37. The number of piperazine rings is 1. The number of aliphatic hydroxyl groups excluding tert-OH is 1. The minimum absolute atomic E-state index is 0.101. The zero-order valence-corrected chi connectivity index (χ0v) is 19.0. The third kappa shape index (κ3) is 4.30. The number of fused-ring (bicyclic) bond motifs is 1. The van der Waals surface area contributed by atoms with E-state index in [1.807, 2.05) is 27.2 Å². The first kappa shape index (κ1) is 22.5. The number of hydrogen-bond acceptors (Lipinski definition) is 6. The van der Waals surface area contributed by atoms with Gasteiger partial charge in [-0.3, -0.25) is 9.69 Å². The molecule has 0 bridgehead atoms. The van der Waals surface area contributed by atoms with Crippen LogP contribution in [0, 0.1) is 12.7 Å². The average molecular weight is 470 g/mol. The lowest BCUT2D eigenvalue weighted by molar-refractivity contribution is 0.0694. The molecule has 1 aromatic carbocycles. The minimum atomic E-state index is -1.30. The number of aromatic nitrogens is 3. The van der Waals surface area contributed by atoms with Gasteiger partial charge in [0.1, 0.15) is 17.2 Å². The summed E-state index contributed by atoms with van der Waals surface area (Å²) in [6, 6.07) is 3.00. The molecule has 2 aliphatic rings. The fraction of sp³-hybridized carbons (Fsp3) is 0.458. The van der Waals surface area contributed by atoms with Crippen molar-refractivity contribution in [1.29, 1.82) is 0 Å². The number of aryl methyl sites for hydroxylation is 1. The van der Waals surface area contributed by atoms with Crippen LogP contribution in [0.4, 0.5) is 10.1 Å². The fourth-order valence-electron chi connectivity index (χ4n) is 4.76. The molecule has 1 saturated heterocycles. The molecule has 1 unspecified atom stereocenters. The van der Waals surface area contributed by atoms with E-state index >= 15 is 4.39 Å². The lowest BCUT2D eigenvalue weighted by atomic mass is 10.1.